The number of carbonyl (C=O) groups is 1. The van der Waals surface area contributed by atoms with Gasteiger partial charge in [-0.25, -0.2) is 4.79 Å². The van der Waals surface area contributed by atoms with Crippen molar-refractivity contribution in [2.24, 2.45) is 0 Å². The third-order valence-corrected chi connectivity index (χ3v) is 5.06. The number of carbonyl (C=O) groups excluding carboxylic acids is 1. The molecule has 170 valence electrons. The smallest absolute Gasteiger partial charge is 0.330 e. The fraction of sp³-hybridized carbons (Fsp3) is 0.522. The number of unbranched alkanes of at least 4 members (excludes halogenated alkanes) is 3. The zero-order valence-electron chi connectivity index (χ0n) is 19.0. The largest absolute Gasteiger partial charge is 0.484 e. The highest BCUT2D eigenvalue weighted by atomic mass is 16.5. The molecular weight excluding hydrogens is 396 g/mol. The van der Waals surface area contributed by atoms with Crippen LogP contribution >= 0.6 is 0 Å². The number of aryl methyl sites for hydroxylation is 2. The zero-order chi connectivity index (χ0) is 23.0. The second kappa shape index (κ2) is 11.4. The van der Waals surface area contributed by atoms with Gasteiger partial charge in [-0.05, 0) is 49.9 Å². The Morgan fingerprint density at radius 3 is 2.32 bits per heavy atom. The summed E-state index contributed by atoms with van der Waals surface area (Å²) in [5.41, 5.74) is 7.08. The molecule has 2 rings (SSSR count). The van der Waals surface area contributed by atoms with Crippen LogP contribution in [0, 0.1) is 13.8 Å². The van der Waals surface area contributed by atoms with Gasteiger partial charge in [-0.1, -0.05) is 39.2 Å². The van der Waals surface area contributed by atoms with Crippen LogP contribution in [-0.4, -0.2) is 28.6 Å². The fourth-order valence-corrected chi connectivity index (χ4v) is 3.50. The molecule has 0 spiro atoms. The molecule has 0 radical (unpaired) electrons. The topological polar surface area (TPSA) is 110 Å². The minimum Gasteiger partial charge on any atom is -0.484 e. The van der Waals surface area contributed by atoms with E-state index in [0.717, 1.165) is 36.8 Å². The Morgan fingerprint density at radius 1 is 1.06 bits per heavy atom. The maximum atomic E-state index is 13.1. The van der Waals surface area contributed by atoms with Crippen molar-refractivity contribution < 1.29 is 9.53 Å². The average Bonchev–Trinajstić information content (AvgIpc) is 2.70. The first-order valence-electron chi connectivity index (χ1n) is 10.9. The Bertz CT molecular complexity index is 989. The number of aromatic nitrogens is 2. The van der Waals surface area contributed by atoms with Gasteiger partial charge in [0.15, 0.2) is 12.3 Å². The minimum absolute atomic E-state index is 0.0125. The molecule has 8 heteroatoms. The van der Waals surface area contributed by atoms with Crippen LogP contribution in [0.15, 0.2) is 27.8 Å². The summed E-state index contributed by atoms with van der Waals surface area (Å²) in [6.07, 6.45) is 4.16. The number of nitrogen functional groups attached to an aromatic ring is 1. The summed E-state index contributed by atoms with van der Waals surface area (Å²) in [5, 5.41) is 0. The monoisotopic (exact) mass is 430 g/mol. The summed E-state index contributed by atoms with van der Waals surface area (Å²) in [7, 11) is 0. The number of benzene rings is 1. The van der Waals surface area contributed by atoms with Gasteiger partial charge in [0.2, 0.25) is 0 Å². The molecule has 0 unspecified atom stereocenters. The number of aromatic amines is 1. The van der Waals surface area contributed by atoms with Crippen molar-refractivity contribution in [1.82, 2.24) is 9.55 Å². The van der Waals surface area contributed by atoms with Gasteiger partial charge in [-0.3, -0.25) is 19.1 Å². The first-order valence-corrected chi connectivity index (χ1v) is 10.9. The summed E-state index contributed by atoms with van der Waals surface area (Å²) in [5.74, 6) is 0.223. The maximum Gasteiger partial charge on any atom is 0.330 e. The quantitative estimate of drug-likeness (QED) is 0.532. The number of ether oxygens (including phenoxy) is 1. The van der Waals surface area contributed by atoms with E-state index in [-0.39, 0.29) is 24.0 Å². The number of hydrogen-bond acceptors (Lipinski definition) is 5. The first kappa shape index (κ1) is 24.2. The molecule has 2 aromatic rings. The molecule has 0 atom stereocenters. The van der Waals surface area contributed by atoms with Crippen LogP contribution in [0.4, 0.5) is 11.5 Å². The van der Waals surface area contributed by atoms with E-state index < -0.39 is 11.2 Å². The van der Waals surface area contributed by atoms with Crippen molar-refractivity contribution in [3.8, 4) is 5.75 Å². The Morgan fingerprint density at radius 2 is 1.71 bits per heavy atom. The predicted octanol–water partition coefficient (Wildman–Crippen LogP) is 3.14. The SMILES string of the molecule is CCCCCN(C(=O)COc1cc(C)cc(C)c1)c1c(N)n(CCCC)c(=O)[nH]c1=O. The van der Waals surface area contributed by atoms with E-state index in [1.54, 1.807) is 0 Å². The van der Waals surface area contributed by atoms with Crippen LogP contribution in [0.25, 0.3) is 0 Å². The minimum atomic E-state index is -0.661. The highest BCUT2D eigenvalue weighted by Crippen LogP contribution is 2.20. The second-order valence-electron chi connectivity index (χ2n) is 7.86. The highest BCUT2D eigenvalue weighted by Gasteiger charge is 2.24. The Kier molecular flexibility index (Phi) is 8.90. The van der Waals surface area contributed by atoms with E-state index in [4.69, 9.17) is 10.5 Å². The predicted molar refractivity (Wildman–Crippen MR) is 124 cm³/mol. The van der Waals surface area contributed by atoms with Crippen molar-refractivity contribution in [3.05, 3.63) is 50.2 Å². The number of rotatable bonds is 11. The molecular formula is C23H34N4O4. The Balaban J connectivity index is 2.35. The average molecular weight is 431 g/mol. The Labute approximate surface area is 183 Å². The lowest BCUT2D eigenvalue weighted by Crippen LogP contribution is -2.43. The van der Waals surface area contributed by atoms with Crippen LogP contribution in [-0.2, 0) is 11.3 Å². The third kappa shape index (κ3) is 6.47. The van der Waals surface area contributed by atoms with E-state index >= 15 is 0 Å². The van der Waals surface area contributed by atoms with E-state index in [9.17, 15) is 14.4 Å². The number of H-pyrrole nitrogens is 1. The zero-order valence-corrected chi connectivity index (χ0v) is 19.0. The molecule has 0 bridgehead atoms. The molecule has 0 aliphatic carbocycles. The summed E-state index contributed by atoms with van der Waals surface area (Å²) < 4.78 is 7.05. The van der Waals surface area contributed by atoms with Crippen LogP contribution in [0.2, 0.25) is 0 Å². The van der Waals surface area contributed by atoms with E-state index in [2.05, 4.69) is 11.9 Å². The normalized spacial score (nSPS) is 10.8. The molecule has 0 fully saturated rings. The first-order chi connectivity index (χ1) is 14.8. The van der Waals surface area contributed by atoms with Gasteiger partial charge in [0.1, 0.15) is 11.6 Å². The molecule has 1 aromatic heterocycles. The summed E-state index contributed by atoms with van der Waals surface area (Å²) in [6, 6.07) is 5.73. The molecule has 1 heterocycles. The van der Waals surface area contributed by atoms with E-state index in [1.807, 2.05) is 39.0 Å². The van der Waals surface area contributed by atoms with Gasteiger partial charge in [0.05, 0.1) is 0 Å². The van der Waals surface area contributed by atoms with Gasteiger partial charge in [-0.2, -0.15) is 0 Å². The van der Waals surface area contributed by atoms with Crippen LogP contribution < -0.4 is 26.6 Å². The molecule has 0 aliphatic rings. The lowest BCUT2D eigenvalue weighted by atomic mass is 10.1. The van der Waals surface area contributed by atoms with Crippen molar-refractivity contribution in [3.63, 3.8) is 0 Å². The molecule has 0 saturated heterocycles. The number of amides is 1. The lowest BCUT2D eigenvalue weighted by Gasteiger charge is -2.24. The molecule has 0 aliphatic heterocycles. The van der Waals surface area contributed by atoms with Gasteiger partial charge in [-0.15, -0.1) is 0 Å². The van der Waals surface area contributed by atoms with Gasteiger partial charge in [0.25, 0.3) is 11.5 Å². The van der Waals surface area contributed by atoms with Crippen molar-refractivity contribution >= 4 is 17.4 Å². The molecule has 1 amide bonds. The molecule has 0 saturated carbocycles. The molecule has 31 heavy (non-hydrogen) atoms. The number of nitrogens with one attached hydrogen (secondary N) is 1. The number of nitrogens with two attached hydrogens (primary N) is 1. The van der Waals surface area contributed by atoms with Crippen molar-refractivity contribution in [1.29, 1.82) is 0 Å². The molecule has 1 aromatic carbocycles. The number of anilines is 2. The molecule has 8 nitrogen and oxygen atoms in total. The number of hydrogen-bond donors (Lipinski definition) is 2. The third-order valence-electron chi connectivity index (χ3n) is 5.06. The standard InChI is InChI=1S/C23H34N4O4/c1-5-7-9-11-26(19(28)15-31-18-13-16(3)12-17(4)14-18)20-21(24)27(10-8-6-2)23(30)25-22(20)29/h12-14H,5-11,15,24H2,1-4H3,(H,25,29,30). The van der Waals surface area contributed by atoms with Gasteiger partial charge < -0.3 is 15.4 Å². The Hall–Kier alpha value is -3.03. The van der Waals surface area contributed by atoms with E-state index in [0.29, 0.717) is 25.3 Å². The highest BCUT2D eigenvalue weighted by molar-refractivity contribution is 5.96. The lowest BCUT2D eigenvalue weighted by molar-refractivity contribution is -0.120. The maximum absolute atomic E-state index is 13.1. The van der Waals surface area contributed by atoms with Crippen molar-refractivity contribution in [2.75, 3.05) is 23.8 Å². The summed E-state index contributed by atoms with van der Waals surface area (Å²) in [6.45, 7) is 8.43. The van der Waals surface area contributed by atoms with Crippen LogP contribution in [0.3, 0.4) is 0 Å². The van der Waals surface area contributed by atoms with Crippen LogP contribution in [0.1, 0.15) is 57.1 Å². The van der Waals surface area contributed by atoms with Gasteiger partial charge in [0, 0.05) is 13.1 Å². The van der Waals surface area contributed by atoms with E-state index in [1.165, 1.54) is 9.47 Å². The second-order valence-corrected chi connectivity index (χ2v) is 7.86. The number of nitrogens with zero attached hydrogens (tertiary/aromatic N) is 2. The fourth-order valence-electron chi connectivity index (χ4n) is 3.50. The summed E-state index contributed by atoms with van der Waals surface area (Å²) in [4.78, 5) is 41.7. The summed E-state index contributed by atoms with van der Waals surface area (Å²) >= 11 is 0. The molecule has 3 N–H and O–H groups in total. The van der Waals surface area contributed by atoms with Gasteiger partial charge >= 0.3 is 5.69 Å². The van der Waals surface area contributed by atoms with Crippen LogP contribution in [0.5, 0.6) is 5.75 Å². The van der Waals surface area contributed by atoms with Crippen molar-refractivity contribution in [2.45, 2.75) is 66.3 Å².